The maximum absolute atomic E-state index is 11.9. The Kier molecular flexibility index (Phi) is 3.90. The number of aromatic nitrogens is 2. The predicted octanol–water partition coefficient (Wildman–Crippen LogP) is 0.751. The van der Waals surface area contributed by atoms with Crippen molar-refractivity contribution < 1.29 is 9.90 Å². The van der Waals surface area contributed by atoms with Crippen LogP contribution >= 0.6 is 0 Å². The summed E-state index contributed by atoms with van der Waals surface area (Å²) in [5.41, 5.74) is -0.704. The summed E-state index contributed by atoms with van der Waals surface area (Å²) in [6, 6.07) is 1.83. The Morgan fingerprint density at radius 3 is 3.09 bits per heavy atom. The van der Waals surface area contributed by atoms with Gasteiger partial charge in [0.05, 0.1) is 0 Å². The monoisotopic (exact) mass is 305 g/mol. The third-order valence-electron chi connectivity index (χ3n) is 4.82. The summed E-state index contributed by atoms with van der Waals surface area (Å²) in [5, 5.41) is 13.0. The van der Waals surface area contributed by atoms with Gasteiger partial charge in [-0.25, -0.2) is 4.98 Å². The first-order valence-electron chi connectivity index (χ1n) is 7.79. The lowest BCUT2D eigenvalue weighted by atomic mass is 9.73. The zero-order chi connectivity index (χ0) is 15.7. The van der Waals surface area contributed by atoms with Crippen LogP contribution in [0.15, 0.2) is 12.3 Å². The lowest BCUT2D eigenvalue weighted by Crippen LogP contribution is -2.52. The maximum atomic E-state index is 11.9. The Morgan fingerprint density at radius 1 is 1.55 bits per heavy atom. The smallest absolute Gasteiger partial charge is 0.313 e. The fourth-order valence-corrected chi connectivity index (χ4v) is 3.70. The van der Waals surface area contributed by atoms with E-state index in [2.05, 4.69) is 20.2 Å². The van der Waals surface area contributed by atoms with Gasteiger partial charge in [-0.3, -0.25) is 4.79 Å². The van der Waals surface area contributed by atoms with Gasteiger partial charge in [-0.1, -0.05) is 0 Å². The Labute approximate surface area is 130 Å². The number of carbonyl (C=O) groups is 1. The zero-order valence-corrected chi connectivity index (χ0v) is 13.1. The van der Waals surface area contributed by atoms with Crippen molar-refractivity contribution in [2.45, 2.75) is 13.3 Å². The van der Waals surface area contributed by atoms with Crippen molar-refractivity contribution in [2.24, 2.45) is 11.3 Å². The third kappa shape index (κ3) is 2.49. The topological polar surface area (TPSA) is 81.6 Å². The molecule has 0 aromatic carbocycles. The van der Waals surface area contributed by atoms with Crippen LogP contribution in [0.25, 0.3) is 0 Å². The number of nitrogens with zero attached hydrogens (tertiary/aromatic N) is 4. The molecule has 0 spiro atoms. The average Bonchev–Trinajstić information content (AvgIpc) is 2.88. The Bertz CT molecular complexity index is 567. The molecule has 0 unspecified atom stereocenters. The molecular formula is C15H23N5O2. The van der Waals surface area contributed by atoms with Gasteiger partial charge in [-0.15, -0.1) is 0 Å². The summed E-state index contributed by atoms with van der Waals surface area (Å²) in [7, 11) is 1.99. The number of anilines is 2. The number of fused-ring (bicyclic) bond motifs is 1. The molecular weight excluding hydrogens is 282 g/mol. The number of piperidine rings is 1. The van der Waals surface area contributed by atoms with Crippen molar-refractivity contribution in [2.75, 3.05) is 50.0 Å². The van der Waals surface area contributed by atoms with E-state index in [1.165, 1.54) is 0 Å². The Hall–Kier alpha value is -1.89. The van der Waals surface area contributed by atoms with E-state index in [1.807, 2.05) is 24.9 Å². The van der Waals surface area contributed by atoms with Crippen LogP contribution in [0.4, 0.5) is 11.8 Å². The molecule has 7 nitrogen and oxygen atoms in total. The summed E-state index contributed by atoms with van der Waals surface area (Å²) in [6.45, 7) is 5.55. The minimum absolute atomic E-state index is 0.160. The molecule has 120 valence electrons. The second kappa shape index (κ2) is 5.72. The number of nitrogens with one attached hydrogen (secondary N) is 1. The zero-order valence-electron chi connectivity index (χ0n) is 13.1. The molecule has 2 aliphatic rings. The van der Waals surface area contributed by atoms with Crippen molar-refractivity contribution in [3.63, 3.8) is 0 Å². The molecule has 2 fully saturated rings. The summed E-state index contributed by atoms with van der Waals surface area (Å²) >= 11 is 0. The summed E-state index contributed by atoms with van der Waals surface area (Å²) in [6.07, 6.45) is 2.63. The van der Waals surface area contributed by atoms with Crippen molar-refractivity contribution in [1.29, 1.82) is 0 Å². The molecule has 1 aromatic heterocycles. The van der Waals surface area contributed by atoms with Gasteiger partial charge in [-0.05, 0) is 38.9 Å². The van der Waals surface area contributed by atoms with Crippen molar-refractivity contribution in [3.05, 3.63) is 12.3 Å². The van der Waals surface area contributed by atoms with E-state index in [0.717, 1.165) is 31.9 Å². The molecule has 7 heteroatoms. The van der Waals surface area contributed by atoms with Gasteiger partial charge in [0, 0.05) is 32.4 Å². The lowest BCUT2D eigenvalue weighted by molar-refractivity contribution is -0.153. The molecule has 0 bridgehead atoms. The van der Waals surface area contributed by atoms with E-state index in [1.54, 1.807) is 6.20 Å². The van der Waals surface area contributed by atoms with Crippen LogP contribution in [0, 0.1) is 11.3 Å². The molecule has 0 saturated carbocycles. The standard InChI is InChI=1S/C15H23N5O2/c1-3-16-12-4-6-17-14(18-12)20-8-11-5-7-19(2)9-15(11,10-20)13(21)22/h4,6,11H,3,5,7-10H2,1-2H3,(H,21,22)(H,16,17,18)/t11-,15-/m1/s1. The first kappa shape index (κ1) is 15.0. The van der Waals surface area contributed by atoms with Crippen LogP contribution in [0.3, 0.4) is 0 Å². The van der Waals surface area contributed by atoms with Crippen LogP contribution in [-0.2, 0) is 4.79 Å². The van der Waals surface area contributed by atoms with E-state index >= 15 is 0 Å². The highest BCUT2D eigenvalue weighted by Crippen LogP contribution is 2.43. The van der Waals surface area contributed by atoms with Crippen LogP contribution in [0.1, 0.15) is 13.3 Å². The van der Waals surface area contributed by atoms with E-state index in [4.69, 9.17) is 0 Å². The molecule has 2 saturated heterocycles. The summed E-state index contributed by atoms with van der Waals surface area (Å²) in [4.78, 5) is 24.9. The van der Waals surface area contributed by atoms with Crippen LogP contribution in [0.2, 0.25) is 0 Å². The van der Waals surface area contributed by atoms with Gasteiger partial charge in [0.25, 0.3) is 0 Å². The molecule has 2 aliphatic heterocycles. The molecule has 22 heavy (non-hydrogen) atoms. The molecule has 3 rings (SSSR count). The quantitative estimate of drug-likeness (QED) is 0.849. The van der Waals surface area contributed by atoms with Crippen LogP contribution < -0.4 is 10.2 Å². The molecule has 3 heterocycles. The Morgan fingerprint density at radius 2 is 2.36 bits per heavy atom. The number of hydrogen-bond acceptors (Lipinski definition) is 6. The third-order valence-corrected chi connectivity index (χ3v) is 4.82. The van der Waals surface area contributed by atoms with Crippen molar-refractivity contribution in [1.82, 2.24) is 14.9 Å². The second-order valence-corrected chi connectivity index (χ2v) is 6.34. The SMILES string of the molecule is CCNc1ccnc(N2C[C@H]3CCN(C)C[C@@]3(C(=O)O)C2)n1. The second-order valence-electron chi connectivity index (χ2n) is 6.34. The van der Waals surface area contributed by atoms with Gasteiger partial charge in [0.1, 0.15) is 11.2 Å². The molecule has 0 aliphatic carbocycles. The molecule has 2 atom stereocenters. The average molecular weight is 305 g/mol. The molecule has 0 amide bonds. The normalized spacial score (nSPS) is 28.5. The summed E-state index contributed by atoms with van der Waals surface area (Å²) < 4.78 is 0. The maximum Gasteiger partial charge on any atom is 0.313 e. The van der Waals surface area contributed by atoms with Gasteiger partial charge in [0.2, 0.25) is 5.95 Å². The van der Waals surface area contributed by atoms with E-state index in [-0.39, 0.29) is 5.92 Å². The largest absolute Gasteiger partial charge is 0.481 e. The summed E-state index contributed by atoms with van der Waals surface area (Å²) in [5.74, 6) is 0.863. The highest BCUT2D eigenvalue weighted by Gasteiger charge is 2.55. The van der Waals surface area contributed by atoms with Crippen LogP contribution in [-0.4, -0.2) is 65.7 Å². The number of rotatable bonds is 4. The van der Waals surface area contributed by atoms with E-state index < -0.39 is 11.4 Å². The number of carboxylic acids is 1. The van der Waals surface area contributed by atoms with Crippen molar-refractivity contribution >= 4 is 17.7 Å². The highest BCUT2D eigenvalue weighted by atomic mass is 16.4. The van der Waals surface area contributed by atoms with E-state index in [9.17, 15) is 9.90 Å². The minimum atomic E-state index is -0.704. The van der Waals surface area contributed by atoms with Gasteiger partial charge < -0.3 is 20.2 Å². The number of likely N-dealkylation sites (tertiary alicyclic amines) is 1. The fraction of sp³-hybridized carbons (Fsp3) is 0.667. The molecule has 2 N–H and O–H groups in total. The molecule has 0 radical (unpaired) electrons. The van der Waals surface area contributed by atoms with E-state index in [0.29, 0.717) is 19.0 Å². The lowest BCUT2D eigenvalue weighted by Gasteiger charge is -2.39. The Balaban J connectivity index is 1.86. The predicted molar refractivity (Wildman–Crippen MR) is 84.1 cm³/mol. The fourth-order valence-electron chi connectivity index (χ4n) is 3.70. The van der Waals surface area contributed by atoms with Gasteiger partial charge >= 0.3 is 5.97 Å². The number of hydrogen-bond donors (Lipinski definition) is 2. The number of aliphatic carboxylic acids is 1. The van der Waals surface area contributed by atoms with Gasteiger partial charge in [0.15, 0.2) is 0 Å². The van der Waals surface area contributed by atoms with Crippen molar-refractivity contribution in [3.8, 4) is 0 Å². The number of carboxylic acid groups (broad SMARTS) is 1. The first-order chi connectivity index (χ1) is 10.5. The molecule has 1 aromatic rings. The highest BCUT2D eigenvalue weighted by molar-refractivity contribution is 5.77. The van der Waals surface area contributed by atoms with Gasteiger partial charge in [-0.2, -0.15) is 4.98 Å². The minimum Gasteiger partial charge on any atom is -0.481 e. The van der Waals surface area contributed by atoms with Crippen LogP contribution in [0.5, 0.6) is 0 Å². The first-order valence-corrected chi connectivity index (χ1v) is 7.79.